The van der Waals surface area contributed by atoms with Crippen LogP contribution in [0.15, 0.2) is 29.2 Å². The first-order valence-corrected chi connectivity index (χ1v) is 14.0. The topological polar surface area (TPSA) is 69.7 Å². The van der Waals surface area contributed by atoms with Gasteiger partial charge >= 0.3 is 0 Å². The maximum Gasteiger partial charge on any atom is 0.243 e. The van der Waals surface area contributed by atoms with E-state index in [-0.39, 0.29) is 5.91 Å². The lowest BCUT2D eigenvalue weighted by Crippen LogP contribution is -2.35. The van der Waals surface area contributed by atoms with Crippen molar-refractivity contribution in [3.8, 4) is 0 Å². The molecular weight excluding hydrogens is 422 g/mol. The molecule has 2 saturated heterocycles. The highest BCUT2D eigenvalue weighted by Crippen LogP contribution is 2.21. The van der Waals surface area contributed by atoms with Gasteiger partial charge in [-0.1, -0.05) is 31.9 Å². The van der Waals surface area contributed by atoms with E-state index in [1.54, 1.807) is 16.4 Å². The average molecular weight is 464 g/mol. The summed E-state index contributed by atoms with van der Waals surface area (Å²) in [6.07, 6.45) is 9.93. The summed E-state index contributed by atoms with van der Waals surface area (Å²) < 4.78 is 27.3. The molecule has 2 heterocycles. The molecule has 0 aromatic heterocycles. The van der Waals surface area contributed by atoms with Crippen molar-refractivity contribution in [2.24, 2.45) is 5.92 Å². The molecule has 1 unspecified atom stereocenters. The monoisotopic (exact) mass is 463 g/mol. The van der Waals surface area contributed by atoms with Gasteiger partial charge in [-0.15, -0.1) is 0 Å². The Balaban J connectivity index is 1.34. The Hall–Kier alpha value is -1.44. The van der Waals surface area contributed by atoms with E-state index in [1.165, 1.54) is 25.9 Å². The SMILES string of the molecule is CC1CCCN(CCCCNC(=O)CCc2ccc(S(=O)(=O)N3CCCCCC3)cc2)C1. The molecule has 0 bridgehead atoms. The van der Waals surface area contributed by atoms with E-state index in [9.17, 15) is 13.2 Å². The molecule has 32 heavy (non-hydrogen) atoms. The fourth-order valence-electron chi connectivity index (χ4n) is 4.78. The number of carbonyl (C=O) groups excluding carboxylic acids is 1. The van der Waals surface area contributed by atoms with Gasteiger partial charge in [-0.2, -0.15) is 4.31 Å². The molecule has 1 N–H and O–H groups in total. The first-order valence-electron chi connectivity index (χ1n) is 12.5. The Morgan fingerprint density at radius 3 is 2.41 bits per heavy atom. The van der Waals surface area contributed by atoms with Crippen molar-refractivity contribution in [3.63, 3.8) is 0 Å². The number of amides is 1. The second-order valence-corrected chi connectivity index (χ2v) is 11.5. The van der Waals surface area contributed by atoms with Gasteiger partial charge in [0.2, 0.25) is 15.9 Å². The van der Waals surface area contributed by atoms with Gasteiger partial charge in [0.05, 0.1) is 4.90 Å². The number of rotatable bonds is 10. The Morgan fingerprint density at radius 1 is 1.00 bits per heavy atom. The molecule has 0 saturated carbocycles. The molecule has 2 aliphatic heterocycles. The molecule has 3 rings (SSSR count). The maximum atomic E-state index is 12.9. The molecule has 6 nitrogen and oxygen atoms in total. The number of unbranched alkanes of at least 4 members (excludes halogenated alkanes) is 1. The van der Waals surface area contributed by atoms with Gasteiger partial charge in [0.15, 0.2) is 0 Å². The zero-order chi connectivity index (χ0) is 22.8. The van der Waals surface area contributed by atoms with Gasteiger partial charge < -0.3 is 10.2 Å². The highest BCUT2D eigenvalue weighted by atomic mass is 32.2. The highest BCUT2D eigenvalue weighted by Gasteiger charge is 2.24. The van der Waals surface area contributed by atoms with Crippen molar-refractivity contribution in [1.29, 1.82) is 0 Å². The van der Waals surface area contributed by atoms with Crippen molar-refractivity contribution >= 4 is 15.9 Å². The first-order chi connectivity index (χ1) is 15.4. The molecule has 7 heteroatoms. The summed E-state index contributed by atoms with van der Waals surface area (Å²) in [6.45, 7) is 7.85. The summed E-state index contributed by atoms with van der Waals surface area (Å²) in [4.78, 5) is 15.1. The number of carbonyl (C=O) groups is 1. The van der Waals surface area contributed by atoms with Gasteiger partial charge in [0.1, 0.15) is 0 Å². The van der Waals surface area contributed by atoms with Crippen molar-refractivity contribution in [3.05, 3.63) is 29.8 Å². The lowest BCUT2D eigenvalue weighted by Gasteiger charge is -2.30. The summed E-state index contributed by atoms with van der Waals surface area (Å²) in [5.74, 6) is 0.879. The second kappa shape index (κ2) is 12.7. The Labute approximate surface area is 194 Å². The van der Waals surface area contributed by atoms with E-state index in [0.29, 0.717) is 30.8 Å². The number of nitrogens with zero attached hydrogens (tertiary/aromatic N) is 2. The molecule has 1 amide bonds. The lowest BCUT2D eigenvalue weighted by atomic mass is 10.0. The predicted octanol–water partition coefficient (Wildman–Crippen LogP) is 3.81. The molecule has 2 fully saturated rings. The molecule has 0 radical (unpaired) electrons. The van der Waals surface area contributed by atoms with E-state index < -0.39 is 10.0 Å². The van der Waals surface area contributed by atoms with Crippen LogP contribution in [0.25, 0.3) is 0 Å². The summed E-state index contributed by atoms with van der Waals surface area (Å²) in [7, 11) is -3.41. The Morgan fingerprint density at radius 2 is 1.72 bits per heavy atom. The van der Waals surface area contributed by atoms with E-state index in [2.05, 4.69) is 17.1 Å². The molecule has 0 spiro atoms. The molecule has 1 atom stereocenters. The van der Waals surface area contributed by atoms with Crippen LogP contribution in [0.2, 0.25) is 0 Å². The third-order valence-corrected chi connectivity index (χ3v) is 8.64. The van der Waals surface area contributed by atoms with Crippen LogP contribution in [0.3, 0.4) is 0 Å². The smallest absolute Gasteiger partial charge is 0.243 e. The summed E-state index contributed by atoms with van der Waals surface area (Å²) in [5.41, 5.74) is 0.995. The molecule has 2 aliphatic rings. The average Bonchev–Trinajstić information content (AvgIpc) is 3.08. The van der Waals surface area contributed by atoms with Gasteiger partial charge in [0, 0.05) is 32.6 Å². The van der Waals surface area contributed by atoms with Gasteiger partial charge in [-0.3, -0.25) is 4.79 Å². The van der Waals surface area contributed by atoms with E-state index in [1.807, 2.05) is 12.1 Å². The van der Waals surface area contributed by atoms with Crippen molar-refractivity contribution in [2.75, 3.05) is 39.3 Å². The minimum absolute atomic E-state index is 0.0675. The number of benzene rings is 1. The molecule has 1 aromatic carbocycles. The number of sulfonamides is 1. The number of hydrogen-bond donors (Lipinski definition) is 1. The normalized spacial score (nSPS) is 21.2. The molecule has 0 aliphatic carbocycles. The number of likely N-dealkylation sites (tertiary alicyclic amines) is 1. The van der Waals surface area contributed by atoms with E-state index in [4.69, 9.17) is 0 Å². The predicted molar refractivity (Wildman–Crippen MR) is 129 cm³/mol. The Bertz CT molecular complexity index is 802. The summed E-state index contributed by atoms with van der Waals surface area (Å²) in [6, 6.07) is 7.07. The lowest BCUT2D eigenvalue weighted by molar-refractivity contribution is -0.121. The third kappa shape index (κ3) is 7.85. The number of nitrogens with one attached hydrogen (secondary N) is 1. The van der Waals surface area contributed by atoms with Gasteiger partial charge in [-0.25, -0.2) is 8.42 Å². The van der Waals surface area contributed by atoms with Crippen LogP contribution < -0.4 is 5.32 Å². The summed E-state index contributed by atoms with van der Waals surface area (Å²) in [5, 5.41) is 3.02. The summed E-state index contributed by atoms with van der Waals surface area (Å²) >= 11 is 0. The molecule has 180 valence electrons. The maximum absolute atomic E-state index is 12.9. The zero-order valence-electron chi connectivity index (χ0n) is 19.7. The van der Waals surface area contributed by atoms with E-state index >= 15 is 0 Å². The molecule has 1 aromatic rings. The first kappa shape index (κ1) is 25.2. The van der Waals surface area contributed by atoms with Crippen LogP contribution in [0.1, 0.15) is 70.3 Å². The fraction of sp³-hybridized carbons (Fsp3) is 0.720. The largest absolute Gasteiger partial charge is 0.356 e. The zero-order valence-corrected chi connectivity index (χ0v) is 20.5. The van der Waals surface area contributed by atoms with Crippen LogP contribution in [-0.4, -0.2) is 62.8 Å². The van der Waals surface area contributed by atoms with Crippen LogP contribution in [0, 0.1) is 5.92 Å². The number of piperidine rings is 1. The van der Waals surface area contributed by atoms with Crippen LogP contribution >= 0.6 is 0 Å². The quantitative estimate of drug-likeness (QED) is 0.536. The van der Waals surface area contributed by atoms with Crippen LogP contribution in [0.5, 0.6) is 0 Å². The number of hydrogen-bond acceptors (Lipinski definition) is 4. The third-order valence-electron chi connectivity index (χ3n) is 6.73. The minimum Gasteiger partial charge on any atom is -0.356 e. The van der Waals surface area contributed by atoms with Crippen molar-refractivity contribution < 1.29 is 13.2 Å². The number of aryl methyl sites for hydroxylation is 1. The van der Waals surface area contributed by atoms with Gasteiger partial charge in [0.25, 0.3) is 0 Å². The highest BCUT2D eigenvalue weighted by molar-refractivity contribution is 7.89. The second-order valence-electron chi connectivity index (χ2n) is 9.57. The molecular formula is C25H41N3O3S. The van der Waals surface area contributed by atoms with Crippen molar-refractivity contribution in [1.82, 2.24) is 14.5 Å². The van der Waals surface area contributed by atoms with Crippen LogP contribution in [-0.2, 0) is 21.2 Å². The fourth-order valence-corrected chi connectivity index (χ4v) is 6.30. The van der Waals surface area contributed by atoms with Gasteiger partial charge in [-0.05, 0) is 81.6 Å². The minimum atomic E-state index is -3.41. The van der Waals surface area contributed by atoms with E-state index in [0.717, 1.165) is 63.1 Å². The Kier molecular flexibility index (Phi) is 10.0. The van der Waals surface area contributed by atoms with Crippen LogP contribution in [0.4, 0.5) is 0 Å². The standard InChI is InChI=1S/C25H41N3O3S/c1-22-9-8-18-27(21-22)17-7-4-16-26-25(29)15-12-23-10-13-24(14-11-23)32(30,31)28-19-5-2-3-6-20-28/h10-11,13-14,22H,2-9,12,15-21H2,1H3,(H,26,29). The van der Waals surface area contributed by atoms with Crippen molar-refractivity contribution in [2.45, 2.75) is 76.0 Å².